The van der Waals surface area contributed by atoms with Crippen LogP contribution in [0.1, 0.15) is 21.4 Å². The molecule has 1 aliphatic rings. The third-order valence-corrected chi connectivity index (χ3v) is 4.35. The summed E-state index contributed by atoms with van der Waals surface area (Å²) in [6.07, 6.45) is -0.411. The largest absolute Gasteiger partial charge is 0.467 e. The molecule has 108 valence electrons. The molecule has 0 N–H and O–H groups in total. The average Bonchev–Trinajstić information content (AvgIpc) is 3.13. The molecule has 1 aliphatic heterocycles. The lowest BCUT2D eigenvalue weighted by atomic mass is 10.1. The van der Waals surface area contributed by atoms with Crippen LogP contribution < -0.4 is 0 Å². The van der Waals surface area contributed by atoms with Crippen LogP contribution in [0.2, 0.25) is 0 Å². The van der Waals surface area contributed by atoms with E-state index in [1.54, 1.807) is 11.3 Å². The number of nitrogens with zero attached hydrogens (tertiary/aromatic N) is 1. The van der Waals surface area contributed by atoms with E-state index in [9.17, 15) is 4.79 Å². The van der Waals surface area contributed by atoms with Crippen molar-refractivity contribution in [1.29, 1.82) is 0 Å². The van der Waals surface area contributed by atoms with Crippen LogP contribution in [0.4, 0.5) is 0 Å². The Morgan fingerprint density at radius 2 is 2.00 bits per heavy atom. The Kier molecular flexibility index (Phi) is 3.75. The van der Waals surface area contributed by atoms with Gasteiger partial charge in [-0.1, -0.05) is 18.2 Å². The molecule has 4 nitrogen and oxygen atoms in total. The number of rotatable bonds is 3. The predicted octanol–water partition coefficient (Wildman–Crippen LogP) is 3.12. The second-order valence-corrected chi connectivity index (χ2v) is 6.07. The highest BCUT2D eigenvalue weighted by atomic mass is 32.1. The van der Waals surface area contributed by atoms with E-state index in [4.69, 9.17) is 9.47 Å². The minimum absolute atomic E-state index is 0.378. The highest BCUT2D eigenvalue weighted by molar-refractivity contribution is 7.12. The molecule has 0 saturated heterocycles. The van der Waals surface area contributed by atoms with Crippen LogP contribution >= 0.6 is 11.3 Å². The van der Waals surface area contributed by atoms with Crippen molar-refractivity contribution in [2.75, 3.05) is 7.11 Å². The highest BCUT2D eigenvalue weighted by Crippen LogP contribution is 2.35. The SMILES string of the molecule is COC(=O)[C@H]1N=C(c2ccccc2)O[C@H]1c1ccc(C)s1. The first-order chi connectivity index (χ1) is 10.2. The fraction of sp³-hybridized carbons (Fsp3) is 0.250. The molecular weight excluding hydrogens is 286 g/mol. The van der Waals surface area contributed by atoms with Crippen molar-refractivity contribution in [3.05, 3.63) is 57.8 Å². The van der Waals surface area contributed by atoms with Crippen molar-refractivity contribution in [2.45, 2.75) is 19.1 Å². The highest BCUT2D eigenvalue weighted by Gasteiger charge is 2.39. The van der Waals surface area contributed by atoms with Crippen molar-refractivity contribution < 1.29 is 14.3 Å². The first-order valence-corrected chi connectivity index (χ1v) is 7.44. The number of thiophene rings is 1. The molecule has 0 spiro atoms. The lowest BCUT2D eigenvalue weighted by Crippen LogP contribution is -2.24. The molecule has 0 unspecified atom stereocenters. The summed E-state index contributed by atoms with van der Waals surface area (Å²) in [4.78, 5) is 18.6. The fourth-order valence-corrected chi connectivity index (χ4v) is 3.19. The zero-order valence-corrected chi connectivity index (χ0v) is 12.6. The fourth-order valence-electron chi connectivity index (χ4n) is 2.25. The number of methoxy groups -OCH3 is 1. The van der Waals surface area contributed by atoms with Gasteiger partial charge in [-0.3, -0.25) is 0 Å². The number of aryl methyl sites for hydroxylation is 1. The van der Waals surface area contributed by atoms with Crippen LogP contribution in [0.25, 0.3) is 0 Å². The first kappa shape index (κ1) is 13.8. The van der Waals surface area contributed by atoms with Gasteiger partial charge >= 0.3 is 5.97 Å². The van der Waals surface area contributed by atoms with E-state index < -0.39 is 12.1 Å². The van der Waals surface area contributed by atoms with Crippen LogP contribution in [0.3, 0.4) is 0 Å². The molecule has 5 heteroatoms. The van der Waals surface area contributed by atoms with Crippen LogP contribution in [0, 0.1) is 6.92 Å². The number of aliphatic imine (C=N–C) groups is 1. The molecule has 0 radical (unpaired) electrons. The molecule has 1 aromatic heterocycles. The molecule has 1 aromatic carbocycles. The van der Waals surface area contributed by atoms with Gasteiger partial charge < -0.3 is 9.47 Å². The van der Waals surface area contributed by atoms with Gasteiger partial charge in [0.15, 0.2) is 12.1 Å². The quantitative estimate of drug-likeness (QED) is 0.818. The normalized spacial score (nSPS) is 20.8. The maximum atomic E-state index is 12.0. The van der Waals surface area contributed by atoms with Gasteiger partial charge in [0.2, 0.25) is 5.90 Å². The van der Waals surface area contributed by atoms with E-state index in [2.05, 4.69) is 4.99 Å². The van der Waals surface area contributed by atoms with Gasteiger partial charge in [0.1, 0.15) is 0 Å². The van der Waals surface area contributed by atoms with Crippen LogP contribution in [0.5, 0.6) is 0 Å². The molecular formula is C16H15NO3S. The van der Waals surface area contributed by atoms with E-state index in [0.29, 0.717) is 5.90 Å². The zero-order chi connectivity index (χ0) is 14.8. The third-order valence-electron chi connectivity index (χ3n) is 3.29. The van der Waals surface area contributed by atoms with Crippen molar-refractivity contribution >= 4 is 23.2 Å². The maximum Gasteiger partial charge on any atom is 0.335 e. The minimum Gasteiger partial charge on any atom is -0.467 e. The lowest BCUT2D eigenvalue weighted by molar-refractivity contribution is -0.143. The van der Waals surface area contributed by atoms with Gasteiger partial charge in [-0.05, 0) is 31.2 Å². The molecule has 2 heterocycles. The molecule has 21 heavy (non-hydrogen) atoms. The van der Waals surface area contributed by atoms with E-state index in [1.165, 1.54) is 12.0 Å². The number of ether oxygens (including phenoxy) is 2. The summed E-state index contributed by atoms with van der Waals surface area (Å²) in [5.74, 6) is 0.110. The molecule has 0 aliphatic carbocycles. The summed E-state index contributed by atoms with van der Waals surface area (Å²) < 4.78 is 10.8. The van der Waals surface area contributed by atoms with Crippen molar-refractivity contribution in [3.63, 3.8) is 0 Å². The Morgan fingerprint density at radius 3 is 2.62 bits per heavy atom. The summed E-state index contributed by atoms with van der Waals surface area (Å²) in [6.45, 7) is 2.02. The lowest BCUT2D eigenvalue weighted by Gasteiger charge is -2.14. The van der Waals surface area contributed by atoms with Crippen molar-refractivity contribution in [2.24, 2.45) is 4.99 Å². The second kappa shape index (κ2) is 5.69. The van der Waals surface area contributed by atoms with Crippen molar-refractivity contribution in [3.8, 4) is 0 Å². The monoisotopic (exact) mass is 301 g/mol. The molecule has 0 fully saturated rings. The molecule has 0 saturated carbocycles. The summed E-state index contributed by atoms with van der Waals surface area (Å²) in [6, 6.07) is 12.9. The standard InChI is InChI=1S/C16H15NO3S/c1-10-8-9-12(21-10)14-13(16(18)19-2)17-15(20-14)11-6-4-3-5-7-11/h3-9,13-14H,1-2H3/t13-,14-/m0/s1. The van der Waals surface area contributed by atoms with E-state index >= 15 is 0 Å². The molecule has 0 amide bonds. The zero-order valence-electron chi connectivity index (χ0n) is 11.8. The third kappa shape index (κ3) is 2.69. The Bertz CT molecular complexity index is 678. The van der Waals surface area contributed by atoms with Gasteiger partial charge in [-0.2, -0.15) is 0 Å². The molecule has 2 atom stereocenters. The smallest absolute Gasteiger partial charge is 0.335 e. The Balaban J connectivity index is 1.94. The van der Waals surface area contributed by atoms with Gasteiger partial charge in [0, 0.05) is 15.3 Å². The van der Waals surface area contributed by atoms with Gasteiger partial charge in [0.05, 0.1) is 7.11 Å². The Morgan fingerprint density at radius 1 is 1.24 bits per heavy atom. The molecule has 3 rings (SSSR count). The summed E-state index contributed by atoms with van der Waals surface area (Å²) in [5, 5.41) is 0. The Labute approximate surface area is 127 Å². The van der Waals surface area contributed by atoms with Crippen LogP contribution in [-0.2, 0) is 14.3 Å². The number of hydrogen-bond acceptors (Lipinski definition) is 5. The van der Waals surface area contributed by atoms with E-state index in [0.717, 1.165) is 10.4 Å². The topological polar surface area (TPSA) is 47.9 Å². The van der Waals surface area contributed by atoms with Crippen LogP contribution in [-0.4, -0.2) is 25.0 Å². The van der Waals surface area contributed by atoms with Crippen molar-refractivity contribution in [1.82, 2.24) is 0 Å². The number of carbonyl (C=O) groups excluding carboxylic acids is 1. The average molecular weight is 301 g/mol. The first-order valence-electron chi connectivity index (χ1n) is 6.63. The summed E-state index contributed by atoms with van der Waals surface area (Å²) in [7, 11) is 1.37. The summed E-state index contributed by atoms with van der Waals surface area (Å²) >= 11 is 1.61. The van der Waals surface area contributed by atoms with E-state index in [1.807, 2.05) is 49.4 Å². The minimum atomic E-state index is -0.650. The number of carbonyl (C=O) groups is 1. The van der Waals surface area contributed by atoms with Gasteiger partial charge in [-0.15, -0.1) is 11.3 Å². The van der Waals surface area contributed by atoms with Gasteiger partial charge in [-0.25, -0.2) is 9.79 Å². The van der Waals surface area contributed by atoms with Gasteiger partial charge in [0.25, 0.3) is 0 Å². The molecule has 2 aromatic rings. The van der Waals surface area contributed by atoms with Crippen LogP contribution in [0.15, 0.2) is 47.5 Å². The maximum absolute atomic E-state index is 12.0. The predicted molar refractivity (Wildman–Crippen MR) is 81.7 cm³/mol. The number of benzene rings is 1. The molecule has 0 bridgehead atoms. The van der Waals surface area contributed by atoms with E-state index in [-0.39, 0.29) is 5.97 Å². The second-order valence-electron chi connectivity index (χ2n) is 4.76. The number of hydrogen-bond donors (Lipinski definition) is 0. The number of esters is 1. The Hall–Kier alpha value is -2.14. The summed E-state index contributed by atoms with van der Waals surface area (Å²) in [5.41, 5.74) is 0.863.